The van der Waals surface area contributed by atoms with E-state index in [2.05, 4.69) is 0 Å². The Balaban J connectivity index is 1.50. The molecule has 0 unspecified atom stereocenters. The van der Waals surface area contributed by atoms with Gasteiger partial charge in [0.2, 0.25) is 0 Å². The summed E-state index contributed by atoms with van der Waals surface area (Å²) in [4.78, 5) is 25.7. The van der Waals surface area contributed by atoms with Gasteiger partial charge in [0.15, 0.2) is 6.61 Å². The van der Waals surface area contributed by atoms with E-state index in [0.717, 1.165) is 12.3 Å². The van der Waals surface area contributed by atoms with E-state index in [1.54, 1.807) is 24.3 Å². The summed E-state index contributed by atoms with van der Waals surface area (Å²) in [6, 6.07) is 10.9. The lowest BCUT2D eigenvalue weighted by atomic mass is 9.86. The monoisotopic (exact) mass is 326 g/mol. The van der Waals surface area contributed by atoms with E-state index in [9.17, 15) is 9.59 Å². The number of ether oxygens (including phenoxy) is 1. The zero-order valence-electron chi connectivity index (χ0n) is 13.7. The Morgan fingerprint density at radius 3 is 2.62 bits per heavy atom. The molecule has 1 aromatic carbocycles. The Labute approximate surface area is 142 Å². The second kappa shape index (κ2) is 7.48. The summed E-state index contributed by atoms with van der Waals surface area (Å²) in [5.41, 5.74) is 0.633. The minimum Gasteiger partial charge on any atom is -0.456 e. The quantitative estimate of drug-likeness (QED) is 0.595. The highest BCUT2D eigenvalue weighted by molar-refractivity contribution is 5.95. The highest BCUT2D eigenvalue weighted by Gasteiger charge is 2.40. The molecule has 3 atom stereocenters. The van der Waals surface area contributed by atoms with Gasteiger partial charge in [0.05, 0.1) is 6.07 Å². The standard InChI is InChI=1S/C19H22N2O3/c20-8-9-21(17-4-2-1-3-5-17)18(22)13-24-19(23)12-16-11-14-6-7-15(16)10-14/h1-5,14-16H,6-7,9-13H2/t14-,15+,16-/m0/s1. The molecule has 126 valence electrons. The topological polar surface area (TPSA) is 70.4 Å². The van der Waals surface area contributed by atoms with Gasteiger partial charge in [-0.3, -0.25) is 14.5 Å². The predicted molar refractivity (Wildman–Crippen MR) is 88.9 cm³/mol. The zero-order valence-corrected chi connectivity index (χ0v) is 13.7. The molecule has 2 aliphatic carbocycles. The lowest BCUT2D eigenvalue weighted by Crippen LogP contribution is -2.35. The van der Waals surface area contributed by atoms with Gasteiger partial charge in [-0.2, -0.15) is 5.26 Å². The molecule has 0 aliphatic heterocycles. The van der Waals surface area contributed by atoms with Crippen LogP contribution in [0.4, 0.5) is 5.69 Å². The molecule has 5 heteroatoms. The number of anilines is 1. The molecule has 3 rings (SSSR count). The molecular formula is C19H22N2O3. The van der Waals surface area contributed by atoms with Crippen molar-refractivity contribution in [1.82, 2.24) is 0 Å². The Morgan fingerprint density at radius 2 is 2.00 bits per heavy atom. The van der Waals surface area contributed by atoms with Crippen molar-refractivity contribution in [1.29, 1.82) is 5.26 Å². The molecule has 2 aliphatic rings. The molecule has 24 heavy (non-hydrogen) atoms. The van der Waals surface area contributed by atoms with Gasteiger partial charge < -0.3 is 4.74 Å². The van der Waals surface area contributed by atoms with E-state index in [-0.39, 0.29) is 25.0 Å². The second-order valence-electron chi connectivity index (χ2n) is 6.77. The third kappa shape index (κ3) is 3.76. The van der Waals surface area contributed by atoms with E-state index < -0.39 is 0 Å². The fraction of sp³-hybridized carbons (Fsp3) is 0.526. The number of rotatable bonds is 6. The highest BCUT2D eigenvalue weighted by atomic mass is 16.5. The number of amides is 1. The number of carbonyl (C=O) groups excluding carboxylic acids is 2. The summed E-state index contributed by atoms with van der Waals surface area (Å²) in [6.45, 7) is -0.372. The minimum absolute atomic E-state index is 0.0627. The van der Waals surface area contributed by atoms with Crippen LogP contribution in [0.15, 0.2) is 30.3 Å². The van der Waals surface area contributed by atoms with Gasteiger partial charge in [-0.25, -0.2) is 0 Å². The van der Waals surface area contributed by atoms with E-state index >= 15 is 0 Å². The van der Waals surface area contributed by atoms with Gasteiger partial charge in [-0.05, 0) is 49.1 Å². The molecule has 5 nitrogen and oxygen atoms in total. The van der Waals surface area contributed by atoms with Crippen LogP contribution in [0.5, 0.6) is 0 Å². The highest BCUT2D eigenvalue weighted by Crippen LogP contribution is 2.49. The molecule has 0 saturated heterocycles. The van der Waals surface area contributed by atoms with Crippen LogP contribution in [-0.2, 0) is 14.3 Å². The molecule has 2 bridgehead atoms. The maximum Gasteiger partial charge on any atom is 0.306 e. The van der Waals surface area contributed by atoms with Crippen LogP contribution in [0.2, 0.25) is 0 Å². The summed E-state index contributed by atoms with van der Waals surface area (Å²) in [6.07, 6.45) is 5.32. The number of nitriles is 1. The van der Waals surface area contributed by atoms with Crippen molar-refractivity contribution in [2.45, 2.75) is 32.1 Å². The number of esters is 1. The van der Waals surface area contributed by atoms with Gasteiger partial charge >= 0.3 is 5.97 Å². The maximum absolute atomic E-state index is 12.3. The second-order valence-corrected chi connectivity index (χ2v) is 6.77. The molecule has 0 aromatic heterocycles. The van der Waals surface area contributed by atoms with Crippen molar-refractivity contribution >= 4 is 17.6 Å². The van der Waals surface area contributed by atoms with Crippen molar-refractivity contribution in [2.24, 2.45) is 17.8 Å². The van der Waals surface area contributed by atoms with Crippen LogP contribution in [0.1, 0.15) is 32.1 Å². The number of benzene rings is 1. The first-order chi connectivity index (χ1) is 11.7. The number of fused-ring (bicyclic) bond motifs is 2. The summed E-state index contributed by atoms with van der Waals surface area (Å²) in [5, 5.41) is 8.92. The van der Waals surface area contributed by atoms with Crippen LogP contribution in [0.3, 0.4) is 0 Å². The molecule has 0 spiro atoms. The van der Waals surface area contributed by atoms with Crippen LogP contribution < -0.4 is 4.90 Å². The van der Waals surface area contributed by atoms with Crippen LogP contribution in [0, 0.1) is 29.1 Å². The van der Waals surface area contributed by atoms with Crippen molar-refractivity contribution in [2.75, 3.05) is 18.1 Å². The van der Waals surface area contributed by atoms with Crippen LogP contribution >= 0.6 is 0 Å². The summed E-state index contributed by atoms with van der Waals surface area (Å²) in [7, 11) is 0. The fourth-order valence-electron chi connectivity index (χ4n) is 4.12. The maximum atomic E-state index is 12.3. The number of para-hydroxylation sites is 1. The number of carbonyl (C=O) groups is 2. The zero-order chi connectivity index (χ0) is 16.9. The number of hydrogen-bond acceptors (Lipinski definition) is 4. The predicted octanol–water partition coefficient (Wildman–Crippen LogP) is 2.91. The van der Waals surface area contributed by atoms with Gasteiger partial charge in [-0.1, -0.05) is 24.6 Å². The van der Waals surface area contributed by atoms with Crippen molar-refractivity contribution < 1.29 is 14.3 Å². The Morgan fingerprint density at radius 1 is 1.21 bits per heavy atom. The first kappa shape index (κ1) is 16.5. The number of nitrogens with zero attached hydrogens (tertiary/aromatic N) is 2. The van der Waals surface area contributed by atoms with Gasteiger partial charge in [0, 0.05) is 12.1 Å². The first-order valence-corrected chi connectivity index (χ1v) is 8.55. The van der Waals surface area contributed by atoms with Gasteiger partial charge in [0.25, 0.3) is 5.91 Å². The number of hydrogen-bond donors (Lipinski definition) is 0. The summed E-state index contributed by atoms with van der Waals surface area (Å²) in [5.74, 6) is 1.21. The van der Waals surface area contributed by atoms with E-state index in [1.807, 2.05) is 12.1 Å². The molecular weight excluding hydrogens is 304 g/mol. The van der Waals surface area contributed by atoms with Crippen molar-refractivity contribution in [3.05, 3.63) is 30.3 Å². The van der Waals surface area contributed by atoms with Gasteiger partial charge in [0.1, 0.15) is 6.54 Å². The SMILES string of the molecule is N#CCN(C(=O)COC(=O)C[C@@H]1C[C@H]2CC[C@@H]1C2)c1ccccc1. The first-order valence-electron chi connectivity index (χ1n) is 8.55. The van der Waals surface area contributed by atoms with Crippen LogP contribution in [0.25, 0.3) is 0 Å². The van der Waals surface area contributed by atoms with E-state index in [1.165, 1.54) is 24.2 Å². The lowest BCUT2D eigenvalue weighted by molar-refractivity contribution is -0.149. The average molecular weight is 326 g/mol. The van der Waals surface area contributed by atoms with Crippen LogP contribution in [-0.4, -0.2) is 25.0 Å². The van der Waals surface area contributed by atoms with Gasteiger partial charge in [-0.15, -0.1) is 0 Å². The molecule has 0 N–H and O–H groups in total. The Hall–Kier alpha value is -2.35. The third-order valence-electron chi connectivity index (χ3n) is 5.27. The smallest absolute Gasteiger partial charge is 0.306 e. The fourth-order valence-corrected chi connectivity index (χ4v) is 4.12. The molecule has 2 fully saturated rings. The summed E-state index contributed by atoms with van der Waals surface area (Å²) >= 11 is 0. The normalized spacial score (nSPS) is 24.4. The summed E-state index contributed by atoms with van der Waals surface area (Å²) < 4.78 is 5.18. The molecule has 1 aromatic rings. The van der Waals surface area contributed by atoms with E-state index in [0.29, 0.717) is 23.9 Å². The molecule has 1 amide bonds. The average Bonchev–Trinajstić information content (AvgIpc) is 3.21. The molecule has 0 heterocycles. The largest absolute Gasteiger partial charge is 0.456 e. The lowest BCUT2D eigenvalue weighted by Gasteiger charge is -2.22. The Bertz CT molecular complexity index is 638. The van der Waals surface area contributed by atoms with E-state index in [4.69, 9.17) is 10.00 Å². The third-order valence-corrected chi connectivity index (χ3v) is 5.27. The minimum atomic E-state index is -0.371. The molecule has 2 saturated carbocycles. The molecule has 0 radical (unpaired) electrons. The Kier molecular flexibility index (Phi) is 5.14. The van der Waals surface area contributed by atoms with Crippen molar-refractivity contribution in [3.63, 3.8) is 0 Å². The van der Waals surface area contributed by atoms with Crippen molar-refractivity contribution in [3.8, 4) is 6.07 Å².